The van der Waals surface area contributed by atoms with E-state index in [0.717, 1.165) is 11.6 Å². The Morgan fingerprint density at radius 3 is 2.60 bits per heavy atom. The lowest BCUT2D eigenvalue weighted by Gasteiger charge is -2.27. The summed E-state index contributed by atoms with van der Waals surface area (Å²) in [5.74, 6) is 0.784. The first kappa shape index (κ1) is 13.3. The van der Waals surface area contributed by atoms with Crippen molar-refractivity contribution in [2.45, 2.75) is 38.1 Å². The third-order valence-corrected chi connectivity index (χ3v) is 4.36. The van der Waals surface area contributed by atoms with Gasteiger partial charge in [0.05, 0.1) is 6.04 Å². The van der Waals surface area contributed by atoms with Crippen LogP contribution in [0, 0.1) is 6.92 Å². The zero-order valence-electron chi connectivity index (χ0n) is 12.3. The van der Waals surface area contributed by atoms with E-state index in [9.17, 15) is 0 Å². The van der Waals surface area contributed by atoms with Crippen LogP contribution >= 0.6 is 0 Å². The third kappa shape index (κ3) is 2.61. The van der Waals surface area contributed by atoms with Crippen LogP contribution in [0.25, 0.3) is 0 Å². The Morgan fingerprint density at radius 2 is 1.95 bits per heavy atom. The van der Waals surface area contributed by atoms with Crippen molar-refractivity contribution in [1.29, 1.82) is 0 Å². The molecular formula is C18H22N2. The first-order valence-electron chi connectivity index (χ1n) is 7.47. The van der Waals surface area contributed by atoms with Gasteiger partial charge in [0.1, 0.15) is 0 Å². The van der Waals surface area contributed by atoms with Gasteiger partial charge in [-0.05, 0) is 61.6 Å². The van der Waals surface area contributed by atoms with Gasteiger partial charge in [-0.2, -0.15) is 0 Å². The summed E-state index contributed by atoms with van der Waals surface area (Å²) in [6.07, 6.45) is 5.97. The molecule has 0 bridgehead atoms. The molecule has 1 atom stereocenters. The predicted molar refractivity (Wildman–Crippen MR) is 82.9 cm³/mol. The van der Waals surface area contributed by atoms with E-state index in [-0.39, 0.29) is 6.04 Å². The molecule has 1 aromatic heterocycles. The van der Waals surface area contributed by atoms with Crippen molar-refractivity contribution < 1.29 is 0 Å². The lowest BCUT2D eigenvalue weighted by atomic mass is 9.79. The normalized spacial score (nSPS) is 16.7. The standard InChI is InChI=1S/C18H22N2/c1-13-11-17(9-10-20-13)18(19-2)16-8-4-7-15(12-16)14-5-3-6-14/h4,7-12,14,18-19H,3,5-6H2,1-2H3. The molecule has 1 heterocycles. The van der Waals surface area contributed by atoms with Gasteiger partial charge in [0.15, 0.2) is 0 Å². The Morgan fingerprint density at radius 1 is 1.15 bits per heavy atom. The van der Waals surface area contributed by atoms with Crippen LogP contribution in [-0.4, -0.2) is 12.0 Å². The minimum Gasteiger partial charge on any atom is -0.309 e. The highest BCUT2D eigenvalue weighted by atomic mass is 14.9. The molecule has 0 radical (unpaired) electrons. The number of benzene rings is 1. The van der Waals surface area contributed by atoms with Crippen molar-refractivity contribution in [2.24, 2.45) is 0 Å². The number of nitrogens with zero attached hydrogens (tertiary/aromatic N) is 1. The summed E-state index contributed by atoms with van der Waals surface area (Å²) in [7, 11) is 2.02. The summed E-state index contributed by atoms with van der Waals surface area (Å²) >= 11 is 0. The van der Waals surface area contributed by atoms with Crippen molar-refractivity contribution in [3.8, 4) is 0 Å². The van der Waals surface area contributed by atoms with E-state index in [0.29, 0.717) is 0 Å². The maximum absolute atomic E-state index is 4.29. The average molecular weight is 266 g/mol. The molecule has 2 nitrogen and oxygen atoms in total. The smallest absolute Gasteiger partial charge is 0.0575 e. The van der Waals surface area contributed by atoms with Crippen LogP contribution in [0.3, 0.4) is 0 Å². The van der Waals surface area contributed by atoms with E-state index in [1.165, 1.54) is 36.0 Å². The number of rotatable bonds is 4. The predicted octanol–water partition coefficient (Wildman–Crippen LogP) is 3.97. The van der Waals surface area contributed by atoms with Crippen LogP contribution in [0.1, 0.15) is 53.6 Å². The van der Waals surface area contributed by atoms with Gasteiger partial charge in [0, 0.05) is 11.9 Å². The van der Waals surface area contributed by atoms with Gasteiger partial charge < -0.3 is 5.32 Å². The van der Waals surface area contributed by atoms with Gasteiger partial charge >= 0.3 is 0 Å². The fraction of sp³-hybridized carbons (Fsp3) is 0.389. The van der Waals surface area contributed by atoms with Crippen LogP contribution < -0.4 is 5.32 Å². The Bertz CT molecular complexity index is 587. The molecular weight excluding hydrogens is 244 g/mol. The van der Waals surface area contributed by atoms with Crippen molar-refractivity contribution in [1.82, 2.24) is 10.3 Å². The van der Waals surface area contributed by atoms with Crippen LogP contribution in [0.5, 0.6) is 0 Å². The minimum absolute atomic E-state index is 0.247. The van der Waals surface area contributed by atoms with Crippen molar-refractivity contribution in [2.75, 3.05) is 7.05 Å². The van der Waals surface area contributed by atoms with E-state index in [1.54, 1.807) is 0 Å². The highest BCUT2D eigenvalue weighted by Crippen LogP contribution is 2.37. The number of nitrogens with one attached hydrogen (secondary N) is 1. The summed E-state index contributed by atoms with van der Waals surface area (Å²) in [6.45, 7) is 2.04. The molecule has 1 aliphatic rings. The van der Waals surface area contributed by atoms with E-state index in [2.05, 4.69) is 46.7 Å². The van der Waals surface area contributed by atoms with E-state index >= 15 is 0 Å². The summed E-state index contributed by atoms with van der Waals surface area (Å²) < 4.78 is 0. The number of aryl methyl sites for hydroxylation is 1. The number of hydrogen-bond donors (Lipinski definition) is 1. The molecule has 1 aliphatic carbocycles. The third-order valence-electron chi connectivity index (χ3n) is 4.36. The Hall–Kier alpha value is -1.67. The summed E-state index contributed by atoms with van der Waals surface area (Å²) in [4.78, 5) is 4.29. The zero-order valence-corrected chi connectivity index (χ0v) is 12.3. The maximum Gasteiger partial charge on any atom is 0.0575 e. The van der Waals surface area contributed by atoms with E-state index < -0.39 is 0 Å². The molecule has 0 aliphatic heterocycles. The second kappa shape index (κ2) is 5.76. The highest BCUT2D eigenvalue weighted by Gasteiger charge is 2.21. The minimum atomic E-state index is 0.247. The Labute approximate surface area is 121 Å². The summed E-state index contributed by atoms with van der Waals surface area (Å²) in [6, 6.07) is 13.6. The molecule has 2 aromatic rings. The van der Waals surface area contributed by atoms with Crippen LogP contribution in [0.2, 0.25) is 0 Å². The molecule has 1 N–H and O–H groups in total. The Balaban J connectivity index is 1.92. The number of aromatic nitrogens is 1. The monoisotopic (exact) mass is 266 g/mol. The fourth-order valence-electron chi connectivity index (χ4n) is 3.01. The maximum atomic E-state index is 4.29. The second-order valence-corrected chi connectivity index (χ2v) is 5.75. The molecule has 2 heteroatoms. The highest BCUT2D eigenvalue weighted by molar-refractivity contribution is 5.36. The van der Waals surface area contributed by atoms with Crippen LogP contribution in [-0.2, 0) is 0 Å². The summed E-state index contributed by atoms with van der Waals surface area (Å²) in [5.41, 5.74) is 5.20. The molecule has 20 heavy (non-hydrogen) atoms. The first-order valence-corrected chi connectivity index (χ1v) is 7.47. The fourth-order valence-corrected chi connectivity index (χ4v) is 3.01. The molecule has 0 amide bonds. The molecule has 1 aromatic carbocycles. The molecule has 3 rings (SSSR count). The molecule has 0 spiro atoms. The lowest BCUT2D eigenvalue weighted by Crippen LogP contribution is -2.18. The van der Waals surface area contributed by atoms with Gasteiger partial charge in [0.25, 0.3) is 0 Å². The van der Waals surface area contributed by atoms with Crippen molar-refractivity contribution >= 4 is 0 Å². The number of hydrogen-bond acceptors (Lipinski definition) is 2. The van der Waals surface area contributed by atoms with Gasteiger partial charge in [-0.25, -0.2) is 0 Å². The second-order valence-electron chi connectivity index (χ2n) is 5.75. The zero-order chi connectivity index (χ0) is 13.9. The van der Waals surface area contributed by atoms with Gasteiger partial charge in [-0.3, -0.25) is 4.98 Å². The summed E-state index contributed by atoms with van der Waals surface area (Å²) in [5, 5.41) is 3.44. The Kier molecular flexibility index (Phi) is 3.83. The van der Waals surface area contributed by atoms with Gasteiger partial charge in [0.2, 0.25) is 0 Å². The molecule has 0 saturated heterocycles. The SMILES string of the molecule is CNC(c1cccc(C2CCC2)c1)c1ccnc(C)c1. The topological polar surface area (TPSA) is 24.9 Å². The number of pyridine rings is 1. The lowest BCUT2D eigenvalue weighted by molar-refractivity contribution is 0.419. The molecule has 1 fully saturated rings. The van der Waals surface area contributed by atoms with Gasteiger partial charge in [-0.15, -0.1) is 0 Å². The van der Waals surface area contributed by atoms with Crippen molar-refractivity contribution in [3.05, 3.63) is 65.0 Å². The molecule has 1 saturated carbocycles. The molecule has 104 valence electrons. The average Bonchev–Trinajstić information content (AvgIpc) is 2.38. The van der Waals surface area contributed by atoms with E-state index in [4.69, 9.17) is 0 Å². The first-order chi connectivity index (χ1) is 9.78. The van der Waals surface area contributed by atoms with Crippen LogP contribution in [0.4, 0.5) is 0 Å². The van der Waals surface area contributed by atoms with Gasteiger partial charge in [-0.1, -0.05) is 30.7 Å². The van der Waals surface area contributed by atoms with Crippen molar-refractivity contribution in [3.63, 3.8) is 0 Å². The van der Waals surface area contributed by atoms with Crippen LogP contribution in [0.15, 0.2) is 42.6 Å². The quantitative estimate of drug-likeness (QED) is 0.906. The molecule has 1 unspecified atom stereocenters. The van der Waals surface area contributed by atoms with E-state index in [1.807, 2.05) is 20.2 Å². The largest absolute Gasteiger partial charge is 0.309 e.